The third kappa shape index (κ3) is 3.85. The number of ether oxygens (including phenoxy) is 1. The van der Waals surface area contributed by atoms with Crippen LogP contribution in [0.4, 0.5) is 0 Å². The van der Waals surface area contributed by atoms with E-state index in [9.17, 15) is 0 Å². The maximum Gasteiger partial charge on any atom is 0.130 e. The van der Waals surface area contributed by atoms with Gasteiger partial charge in [0.25, 0.3) is 0 Å². The maximum atomic E-state index is 6.06. The summed E-state index contributed by atoms with van der Waals surface area (Å²) in [6.45, 7) is 9.83. The Balaban J connectivity index is 2.18. The molecule has 1 aromatic carbocycles. The molecule has 0 amide bonds. The van der Waals surface area contributed by atoms with Crippen molar-refractivity contribution in [1.82, 2.24) is 15.1 Å². The number of benzene rings is 1. The SMILES string of the molecule is CCNC(C)c1ccc(C)cc1OCc1cc(C)nn1C. The van der Waals surface area contributed by atoms with E-state index in [-0.39, 0.29) is 6.04 Å². The van der Waals surface area contributed by atoms with E-state index in [1.54, 1.807) is 0 Å². The third-order valence-electron chi connectivity index (χ3n) is 3.62. The zero-order chi connectivity index (χ0) is 15.4. The lowest BCUT2D eigenvalue weighted by atomic mass is 10.0. The van der Waals surface area contributed by atoms with Gasteiger partial charge in [0.05, 0.1) is 11.4 Å². The van der Waals surface area contributed by atoms with Crippen molar-refractivity contribution in [2.75, 3.05) is 6.54 Å². The van der Waals surface area contributed by atoms with E-state index >= 15 is 0 Å². The Bertz CT molecular complexity index is 604. The molecule has 0 spiro atoms. The Kier molecular flexibility index (Phi) is 5.02. The molecule has 0 bridgehead atoms. The summed E-state index contributed by atoms with van der Waals surface area (Å²) in [5.41, 5.74) is 4.50. The van der Waals surface area contributed by atoms with Gasteiger partial charge in [-0.3, -0.25) is 4.68 Å². The van der Waals surface area contributed by atoms with Crippen molar-refractivity contribution in [2.45, 2.75) is 40.3 Å². The molecule has 0 radical (unpaired) electrons. The van der Waals surface area contributed by atoms with E-state index in [4.69, 9.17) is 4.74 Å². The Hall–Kier alpha value is -1.81. The molecule has 4 nitrogen and oxygen atoms in total. The monoisotopic (exact) mass is 287 g/mol. The molecule has 1 aromatic heterocycles. The molecule has 1 unspecified atom stereocenters. The van der Waals surface area contributed by atoms with Crippen molar-refractivity contribution >= 4 is 0 Å². The fourth-order valence-corrected chi connectivity index (χ4v) is 2.49. The molecule has 0 aliphatic carbocycles. The topological polar surface area (TPSA) is 39.1 Å². The summed E-state index contributed by atoms with van der Waals surface area (Å²) < 4.78 is 7.94. The highest BCUT2D eigenvalue weighted by atomic mass is 16.5. The van der Waals surface area contributed by atoms with Crippen LogP contribution in [-0.4, -0.2) is 16.3 Å². The summed E-state index contributed by atoms with van der Waals surface area (Å²) in [5.74, 6) is 0.947. The third-order valence-corrected chi connectivity index (χ3v) is 3.62. The van der Waals surface area contributed by atoms with Gasteiger partial charge in [0.15, 0.2) is 0 Å². The van der Waals surface area contributed by atoms with Gasteiger partial charge in [-0.25, -0.2) is 0 Å². The molecule has 21 heavy (non-hydrogen) atoms. The molecule has 1 N–H and O–H groups in total. The van der Waals surface area contributed by atoms with Gasteiger partial charge in [-0.15, -0.1) is 0 Å². The summed E-state index contributed by atoms with van der Waals surface area (Å²) in [6.07, 6.45) is 0. The summed E-state index contributed by atoms with van der Waals surface area (Å²) in [7, 11) is 1.95. The van der Waals surface area contributed by atoms with Crippen molar-refractivity contribution in [3.63, 3.8) is 0 Å². The smallest absolute Gasteiger partial charge is 0.130 e. The lowest BCUT2D eigenvalue weighted by Gasteiger charge is -2.18. The van der Waals surface area contributed by atoms with Crippen LogP contribution in [0.15, 0.2) is 24.3 Å². The normalized spacial score (nSPS) is 12.4. The van der Waals surface area contributed by atoms with E-state index in [1.165, 1.54) is 11.1 Å². The molecule has 1 heterocycles. The molecule has 0 fully saturated rings. The van der Waals surface area contributed by atoms with Gasteiger partial charge in [0, 0.05) is 18.7 Å². The number of aromatic nitrogens is 2. The zero-order valence-corrected chi connectivity index (χ0v) is 13.6. The first-order chi connectivity index (χ1) is 10.0. The Morgan fingerprint density at radius 3 is 2.67 bits per heavy atom. The minimum absolute atomic E-state index is 0.277. The number of hydrogen-bond donors (Lipinski definition) is 1. The predicted molar refractivity (Wildman–Crippen MR) is 85.5 cm³/mol. The van der Waals surface area contributed by atoms with Crippen molar-refractivity contribution < 1.29 is 4.74 Å². The number of nitrogens with zero attached hydrogens (tertiary/aromatic N) is 2. The summed E-state index contributed by atoms with van der Waals surface area (Å²) in [5, 5.41) is 7.79. The summed E-state index contributed by atoms with van der Waals surface area (Å²) >= 11 is 0. The van der Waals surface area contributed by atoms with Gasteiger partial charge >= 0.3 is 0 Å². The second-order valence-corrected chi connectivity index (χ2v) is 5.51. The standard InChI is InChI=1S/C17H25N3O/c1-6-18-14(4)16-8-7-12(2)9-17(16)21-11-15-10-13(3)19-20(15)5/h7-10,14,18H,6,11H2,1-5H3. The average Bonchev–Trinajstić information content (AvgIpc) is 2.75. The number of aryl methyl sites for hydroxylation is 3. The van der Waals surface area contributed by atoms with E-state index in [0.29, 0.717) is 6.61 Å². The maximum absolute atomic E-state index is 6.06. The molecule has 2 rings (SSSR count). The van der Waals surface area contributed by atoms with Crippen LogP contribution in [0.2, 0.25) is 0 Å². The van der Waals surface area contributed by atoms with Crippen LogP contribution >= 0.6 is 0 Å². The Morgan fingerprint density at radius 2 is 2.05 bits per heavy atom. The van der Waals surface area contributed by atoms with Crippen molar-refractivity contribution in [2.24, 2.45) is 7.05 Å². The number of nitrogens with one attached hydrogen (secondary N) is 1. The molecule has 0 aliphatic heterocycles. The molecule has 0 saturated carbocycles. The molecule has 2 aromatic rings. The van der Waals surface area contributed by atoms with Gasteiger partial charge in [0.2, 0.25) is 0 Å². The van der Waals surface area contributed by atoms with Crippen LogP contribution < -0.4 is 10.1 Å². The Labute approximate surface area is 127 Å². The fraction of sp³-hybridized carbons (Fsp3) is 0.471. The van der Waals surface area contributed by atoms with E-state index in [2.05, 4.69) is 55.5 Å². The van der Waals surface area contributed by atoms with Gasteiger partial charge in [-0.05, 0) is 45.0 Å². The van der Waals surface area contributed by atoms with E-state index in [0.717, 1.165) is 23.7 Å². The van der Waals surface area contributed by atoms with Gasteiger partial charge in [0.1, 0.15) is 12.4 Å². The minimum atomic E-state index is 0.277. The first-order valence-corrected chi connectivity index (χ1v) is 7.47. The van der Waals surface area contributed by atoms with Crippen molar-refractivity contribution in [3.8, 4) is 5.75 Å². The van der Waals surface area contributed by atoms with Crippen LogP contribution in [0.25, 0.3) is 0 Å². The molecule has 4 heteroatoms. The van der Waals surface area contributed by atoms with Gasteiger partial charge in [-0.2, -0.15) is 5.10 Å². The molecule has 1 atom stereocenters. The van der Waals surface area contributed by atoms with Crippen LogP contribution in [0.1, 0.15) is 42.4 Å². The molecule has 0 saturated heterocycles. The second-order valence-electron chi connectivity index (χ2n) is 5.51. The van der Waals surface area contributed by atoms with Gasteiger partial charge < -0.3 is 10.1 Å². The second kappa shape index (κ2) is 6.76. The minimum Gasteiger partial charge on any atom is -0.487 e. The summed E-state index contributed by atoms with van der Waals surface area (Å²) in [6, 6.07) is 8.71. The Morgan fingerprint density at radius 1 is 1.29 bits per heavy atom. The summed E-state index contributed by atoms with van der Waals surface area (Å²) in [4.78, 5) is 0. The van der Waals surface area contributed by atoms with E-state index < -0.39 is 0 Å². The van der Waals surface area contributed by atoms with Crippen LogP contribution in [0.3, 0.4) is 0 Å². The molecule has 0 aliphatic rings. The van der Waals surface area contributed by atoms with Crippen molar-refractivity contribution in [1.29, 1.82) is 0 Å². The highest BCUT2D eigenvalue weighted by Gasteiger charge is 2.12. The zero-order valence-electron chi connectivity index (χ0n) is 13.6. The lowest BCUT2D eigenvalue weighted by Crippen LogP contribution is -2.18. The number of rotatable bonds is 6. The largest absolute Gasteiger partial charge is 0.487 e. The van der Waals surface area contributed by atoms with Crippen LogP contribution in [-0.2, 0) is 13.7 Å². The highest BCUT2D eigenvalue weighted by Crippen LogP contribution is 2.27. The van der Waals surface area contributed by atoms with Crippen LogP contribution in [0, 0.1) is 13.8 Å². The average molecular weight is 287 g/mol. The molecular weight excluding hydrogens is 262 g/mol. The fourth-order valence-electron chi connectivity index (χ4n) is 2.49. The quantitative estimate of drug-likeness (QED) is 0.886. The lowest BCUT2D eigenvalue weighted by molar-refractivity contribution is 0.289. The van der Waals surface area contributed by atoms with Crippen molar-refractivity contribution in [3.05, 3.63) is 46.8 Å². The predicted octanol–water partition coefficient (Wildman–Crippen LogP) is 3.29. The molecular formula is C17H25N3O. The molecule has 114 valence electrons. The first kappa shape index (κ1) is 15.6. The highest BCUT2D eigenvalue weighted by molar-refractivity contribution is 5.39. The van der Waals surface area contributed by atoms with E-state index in [1.807, 2.05) is 18.7 Å². The van der Waals surface area contributed by atoms with Crippen LogP contribution in [0.5, 0.6) is 5.75 Å². The first-order valence-electron chi connectivity index (χ1n) is 7.47. The number of hydrogen-bond acceptors (Lipinski definition) is 3. The van der Waals surface area contributed by atoms with Gasteiger partial charge in [-0.1, -0.05) is 19.1 Å².